The molecule has 82 valence electrons. The van der Waals surface area contributed by atoms with E-state index < -0.39 is 35.0 Å². The van der Waals surface area contributed by atoms with Crippen molar-refractivity contribution >= 4 is 11.7 Å². The van der Waals surface area contributed by atoms with Crippen LogP contribution in [0.3, 0.4) is 0 Å². The van der Waals surface area contributed by atoms with Crippen LogP contribution < -0.4 is 5.73 Å². The van der Waals surface area contributed by atoms with E-state index in [1.807, 2.05) is 0 Å². The van der Waals surface area contributed by atoms with E-state index in [2.05, 4.69) is 0 Å². The van der Waals surface area contributed by atoms with Crippen LogP contribution in [0, 0.1) is 11.6 Å². The van der Waals surface area contributed by atoms with Gasteiger partial charge >= 0.3 is 5.97 Å². The maximum absolute atomic E-state index is 13.2. The molecule has 1 aromatic carbocycles. The van der Waals surface area contributed by atoms with Crippen LogP contribution in [-0.4, -0.2) is 12.1 Å². The second kappa shape index (κ2) is 4.25. The standard InChI is InChI=1S/C10H11F2NO2/c1-5(2)15-10(14)8-6(11)3-4-7(12)9(8)13/h3-5H,13H2,1-2H3. The minimum Gasteiger partial charge on any atom is -0.459 e. The van der Waals surface area contributed by atoms with Crippen molar-refractivity contribution < 1.29 is 18.3 Å². The van der Waals surface area contributed by atoms with Gasteiger partial charge in [-0.05, 0) is 26.0 Å². The monoisotopic (exact) mass is 215 g/mol. The summed E-state index contributed by atoms with van der Waals surface area (Å²) >= 11 is 0. The first-order valence-electron chi connectivity index (χ1n) is 4.38. The molecule has 2 N–H and O–H groups in total. The fourth-order valence-corrected chi connectivity index (χ4v) is 1.05. The maximum Gasteiger partial charge on any atom is 0.343 e. The third-order valence-electron chi connectivity index (χ3n) is 1.69. The normalized spacial score (nSPS) is 10.5. The maximum atomic E-state index is 13.2. The van der Waals surface area contributed by atoms with Crippen molar-refractivity contribution in [2.45, 2.75) is 20.0 Å². The van der Waals surface area contributed by atoms with Gasteiger partial charge in [0.25, 0.3) is 0 Å². The van der Waals surface area contributed by atoms with E-state index in [0.29, 0.717) is 0 Å². The lowest BCUT2D eigenvalue weighted by Gasteiger charge is -2.10. The van der Waals surface area contributed by atoms with Gasteiger partial charge < -0.3 is 10.5 Å². The highest BCUT2D eigenvalue weighted by Crippen LogP contribution is 2.20. The smallest absolute Gasteiger partial charge is 0.343 e. The van der Waals surface area contributed by atoms with Crippen molar-refractivity contribution in [1.29, 1.82) is 0 Å². The minimum atomic E-state index is -0.959. The van der Waals surface area contributed by atoms with Gasteiger partial charge in [-0.15, -0.1) is 0 Å². The largest absolute Gasteiger partial charge is 0.459 e. The van der Waals surface area contributed by atoms with Gasteiger partial charge in [-0.1, -0.05) is 0 Å². The van der Waals surface area contributed by atoms with E-state index in [1.54, 1.807) is 13.8 Å². The Morgan fingerprint density at radius 3 is 2.40 bits per heavy atom. The van der Waals surface area contributed by atoms with E-state index in [0.717, 1.165) is 12.1 Å². The molecule has 0 aliphatic rings. The second-order valence-electron chi connectivity index (χ2n) is 3.27. The molecular weight excluding hydrogens is 204 g/mol. The molecule has 0 unspecified atom stereocenters. The number of benzene rings is 1. The fraction of sp³-hybridized carbons (Fsp3) is 0.300. The van der Waals surface area contributed by atoms with Crippen LogP contribution in [0.25, 0.3) is 0 Å². The lowest BCUT2D eigenvalue weighted by atomic mass is 10.1. The van der Waals surface area contributed by atoms with Crippen LogP contribution in [-0.2, 0) is 4.74 Å². The van der Waals surface area contributed by atoms with Gasteiger partial charge in [0.05, 0.1) is 11.8 Å². The molecule has 3 nitrogen and oxygen atoms in total. The van der Waals surface area contributed by atoms with Gasteiger partial charge in [0.1, 0.15) is 17.2 Å². The number of carbonyl (C=O) groups is 1. The predicted octanol–water partition coefficient (Wildman–Crippen LogP) is 2.11. The Morgan fingerprint density at radius 1 is 1.33 bits per heavy atom. The number of carbonyl (C=O) groups excluding carboxylic acids is 1. The molecule has 0 saturated heterocycles. The predicted molar refractivity (Wildman–Crippen MR) is 51.3 cm³/mol. The molecule has 0 atom stereocenters. The lowest BCUT2D eigenvalue weighted by molar-refractivity contribution is 0.0373. The molecule has 1 rings (SSSR count). The third-order valence-corrected chi connectivity index (χ3v) is 1.69. The molecule has 0 aliphatic carbocycles. The Labute approximate surface area is 85.8 Å². The summed E-state index contributed by atoms with van der Waals surface area (Å²) in [5.41, 5.74) is 4.16. The van der Waals surface area contributed by atoms with Crippen molar-refractivity contribution in [2.75, 3.05) is 5.73 Å². The summed E-state index contributed by atoms with van der Waals surface area (Å²) in [7, 11) is 0. The van der Waals surface area contributed by atoms with Gasteiger partial charge in [-0.2, -0.15) is 0 Å². The molecule has 0 aliphatic heterocycles. The summed E-state index contributed by atoms with van der Waals surface area (Å²) in [6.45, 7) is 3.20. The molecule has 0 saturated carbocycles. The summed E-state index contributed by atoms with van der Waals surface area (Å²) in [6.07, 6.45) is -0.417. The zero-order valence-electron chi connectivity index (χ0n) is 8.38. The molecule has 0 amide bonds. The van der Waals surface area contributed by atoms with Crippen molar-refractivity contribution in [1.82, 2.24) is 0 Å². The Kier molecular flexibility index (Phi) is 3.24. The second-order valence-corrected chi connectivity index (χ2v) is 3.27. The number of nitrogen functional groups attached to an aromatic ring is 1. The Bertz CT molecular complexity index is 391. The zero-order chi connectivity index (χ0) is 11.6. The van der Waals surface area contributed by atoms with Gasteiger partial charge in [0.2, 0.25) is 0 Å². The quantitative estimate of drug-likeness (QED) is 0.607. The average Bonchev–Trinajstić information content (AvgIpc) is 2.11. The molecular formula is C10H11F2NO2. The number of hydrogen-bond donors (Lipinski definition) is 1. The lowest BCUT2D eigenvalue weighted by Crippen LogP contribution is -2.16. The first-order chi connectivity index (χ1) is 6.93. The number of anilines is 1. The number of halogens is 2. The van der Waals surface area contributed by atoms with Gasteiger partial charge in [-0.3, -0.25) is 0 Å². The van der Waals surface area contributed by atoms with Gasteiger partial charge in [-0.25, -0.2) is 13.6 Å². The van der Waals surface area contributed by atoms with Crippen molar-refractivity contribution in [3.8, 4) is 0 Å². The van der Waals surface area contributed by atoms with Gasteiger partial charge in [0.15, 0.2) is 0 Å². The molecule has 0 bridgehead atoms. The van der Waals surface area contributed by atoms with E-state index in [4.69, 9.17) is 10.5 Å². The van der Waals surface area contributed by atoms with Crippen molar-refractivity contribution in [3.05, 3.63) is 29.3 Å². The zero-order valence-corrected chi connectivity index (χ0v) is 8.38. The Balaban J connectivity index is 3.13. The highest BCUT2D eigenvalue weighted by atomic mass is 19.1. The fourth-order valence-electron chi connectivity index (χ4n) is 1.05. The summed E-state index contributed by atoms with van der Waals surface area (Å²) in [5.74, 6) is -2.69. The molecule has 0 heterocycles. The minimum absolute atomic E-state index is 0.417. The highest BCUT2D eigenvalue weighted by Gasteiger charge is 2.20. The van der Waals surface area contributed by atoms with Crippen molar-refractivity contribution in [3.63, 3.8) is 0 Å². The van der Waals surface area contributed by atoms with Gasteiger partial charge in [0, 0.05) is 0 Å². The van der Waals surface area contributed by atoms with Crippen LogP contribution in [0.15, 0.2) is 12.1 Å². The average molecular weight is 215 g/mol. The molecule has 1 aromatic rings. The number of esters is 1. The van der Waals surface area contributed by atoms with E-state index in [1.165, 1.54) is 0 Å². The summed E-state index contributed by atoms with van der Waals surface area (Å²) < 4.78 is 30.9. The SMILES string of the molecule is CC(C)OC(=O)c1c(F)ccc(F)c1N. The van der Waals surface area contributed by atoms with E-state index in [-0.39, 0.29) is 0 Å². The van der Waals surface area contributed by atoms with Crippen LogP contribution >= 0.6 is 0 Å². The summed E-state index contributed by atoms with van der Waals surface area (Å²) in [4.78, 5) is 11.3. The van der Waals surface area contributed by atoms with Crippen molar-refractivity contribution in [2.24, 2.45) is 0 Å². The molecule has 0 fully saturated rings. The molecule has 0 spiro atoms. The highest BCUT2D eigenvalue weighted by molar-refractivity contribution is 5.95. The first kappa shape index (κ1) is 11.4. The third kappa shape index (κ3) is 2.43. The molecule has 0 aromatic heterocycles. The summed E-state index contributed by atoms with van der Waals surface area (Å²) in [5, 5.41) is 0. The Morgan fingerprint density at radius 2 is 1.87 bits per heavy atom. The van der Waals surface area contributed by atoms with Crippen LogP contribution in [0.5, 0.6) is 0 Å². The number of rotatable bonds is 2. The van der Waals surface area contributed by atoms with Crippen LogP contribution in [0.1, 0.15) is 24.2 Å². The number of ether oxygens (including phenoxy) is 1. The van der Waals surface area contributed by atoms with E-state index in [9.17, 15) is 13.6 Å². The summed E-state index contributed by atoms with van der Waals surface area (Å²) in [6, 6.07) is 1.69. The molecule has 15 heavy (non-hydrogen) atoms. The van der Waals surface area contributed by atoms with Crippen LogP contribution in [0.4, 0.5) is 14.5 Å². The van der Waals surface area contributed by atoms with E-state index >= 15 is 0 Å². The molecule has 5 heteroatoms. The Hall–Kier alpha value is -1.65. The number of nitrogens with two attached hydrogens (primary N) is 1. The topological polar surface area (TPSA) is 52.3 Å². The molecule has 0 radical (unpaired) electrons. The number of hydrogen-bond acceptors (Lipinski definition) is 3. The van der Waals surface area contributed by atoms with Crippen LogP contribution in [0.2, 0.25) is 0 Å². The first-order valence-corrected chi connectivity index (χ1v) is 4.38.